The summed E-state index contributed by atoms with van der Waals surface area (Å²) < 4.78 is 43.8. The summed E-state index contributed by atoms with van der Waals surface area (Å²) >= 11 is 0. The molecule has 0 radical (unpaired) electrons. The maximum Gasteiger partial charge on any atom is 0.416 e. The molecular weight excluding hydrogens is 447 g/mol. The SMILES string of the molecule is C[C@@H](c1ccc(C(F)(F)F)cc1)[C@H](NC(=O)OCC1c2ccccc2-c2ccccc21)C(=O)O. The Morgan fingerprint density at radius 1 is 0.941 bits per heavy atom. The minimum Gasteiger partial charge on any atom is -0.480 e. The van der Waals surface area contributed by atoms with Crippen molar-refractivity contribution in [2.45, 2.75) is 31.0 Å². The molecule has 0 aliphatic heterocycles. The zero-order valence-corrected chi connectivity index (χ0v) is 18.2. The average Bonchev–Trinajstić information content (AvgIpc) is 3.14. The van der Waals surface area contributed by atoms with Gasteiger partial charge in [-0.15, -0.1) is 0 Å². The van der Waals surface area contributed by atoms with Gasteiger partial charge >= 0.3 is 18.2 Å². The summed E-state index contributed by atoms with van der Waals surface area (Å²) in [4.78, 5) is 24.3. The monoisotopic (exact) mass is 469 g/mol. The van der Waals surface area contributed by atoms with E-state index in [0.717, 1.165) is 34.4 Å². The van der Waals surface area contributed by atoms with Crippen LogP contribution in [0.1, 0.15) is 41.0 Å². The van der Waals surface area contributed by atoms with Crippen LogP contribution in [0.15, 0.2) is 72.8 Å². The number of hydrogen-bond donors (Lipinski definition) is 2. The first-order chi connectivity index (χ1) is 16.2. The van der Waals surface area contributed by atoms with E-state index >= 15 is 0 Å². The summed E-state index contributed by atoms with van der Waals surface area (Å²) in [7, 11) is 0. The molecule has 1 aliphatic carbocycles. The van der Waals surface area contributed by atoms with Crippen molar-refractivity contribution < 1.29 is 32.6 Å². The molecule has 3 aromatic carbocycles. The number of fused-ring (bicyclic) bond motifs is 3. The number of rotatable bonds is 6. The fraction of sp³-hybridized carbons (Fsp3) is 0.231. The fourth-order valence-electron chi connectivity index (χ4n) is 4.34. The number of benzene rings is 3. The second-order valence-corrected chi connectivity index (χ2v) is 8.19. The standard InChI is InChI=1S/C26H22F3NO4/c1-15(16-10-12-17(13-11-16)26(27,28)29)23(24(31)32)30-25(33)34-14-22-20-8-4-2-6-18(20)19-7-3-5-9-21(19)22/h2-13,15,22-23H,14H2,1H3,(H,30,33)(H,31,32)/t15-,23-/m0/s1. The predicted octanol–water partition coefficient (Wildman–Crippen LogP) is 5.80. The first kappa shape index (κ1) is 23.4. The third-order valence-electron chi connectivity index (χ3n) is 6.15. The Bertz CT molecular complexity index is 1160. The Balaban J connectivity index is 1.45. The highest BCUT2D eigenvalue weighted by atomic mass is 19.4. The minimum atomic E-state index is -4.49. The Morgan fingerprint density at radius 3 is 1.97 bits per heavy atom. The van der Waals surface area contributed by atoms with Crippen LogP contribution >= 0.6 is 0 Å². The molecule has 0 aromatic heterocycles. The Hall–Kier alpha value is -3.81. The van der Waals surface area contributed by atoms with Gasteiger partial charge in [-0.05, 0) is 39.9 Å². The van der Waals surface area contributed by atoms with Crippen LogP contribution in [0.4, 0.5) is 18.0 Å². The van der Waals surface area contributed by atoms with Gasteiger partial charge in [0.25, 0.3) is 0 Å². The summed E-state index contributed by atoms with van der Waals surface area (Å²) in [6.45, 7) is 1.53. The number of nitrogens with one attached hydrogen (secondary N) is 1. The molecule has 0 saturated carbocycles. The van der Waals surface area contributed by atoms with Crippen LogP contribution in [-0.4, -0.2) is 29.8 Å². The van der Waals surface area contributed by atoms with E-state index in [-0.39, 0.29) is 12.5 Å². The van der Waals surface area contributed by atoms with Crippen molar-refractivity contribution in [3.05, 3.63) is 95.1 Å². The molecule has 1 amide bonds. The summed E-state index contributed by atoms with van der Waals surface area (Å²) in [6.07, 6.45) is -5.40. The van der Waals surface area contributed by atoms with Crippen LogP contribution in [0.5, 0.6) is 0 Å². The van der Waals surface area contributed by atoms with E-state index in [1.807, 2.05) is 48.5 Å². The van der Waals surface area contributed by atoms with Crippen LogP contribution in [-0.2, 0) is 15.7 Å². The number of carbonyl (C=O) groups is 2. The van der Waals surface area contributed by atoms with Gasteiger partial charge in [-0.25, -0.2) is 9.59 Å². The van der Waals surface area contributed by atoms with E-state index in [1.54, 1.807) is 0 Å². The molecular formula is C26H22F3NO4. The van der Waals surface area contributed by atoms with E-state index in [9.17, 15) is 27.9 Å². The number of ether oxygens (including phenoxy) is 1. The zero-order chi connectivity index (χ0) is 24.5. The number of amides is 1. The van der Waals surface area contributed by atoms with E-state index in [1.165, 1.54) is 19.1 Å². The lowest BCUT2D eigenvalue weighted by atomic mass is 9.92. The van der Waals surface area contributed by atoms with E-state index in [0.29, 0.717) is 5.56 Å². The molecule has 0 unspecified atom stereocenters. The summed E-state index contributed by atoms with van der Waals surface area (Å²) in [5.41, 5.74) is 3.67. The first-order valence-corrected chi connectivity index (χ1v) is 10.7. The molecule has 0 heterocycles. The second-order valence-electron chi connectivity index (χ2n) is 8.19. The highest BCUT2D eigenvalue weighted by molar-refractivity contribution is 5.82. The van der Waals surface area contributed by atoms with Crippen LogP contribution in [0.3, 0.4) is 0 Å². The molecule has 5 nitrogen and oxygen atoms in total. The summed E-state index contributed by atoms with van der Waals surface area (Å²) in [5.74, 6) is -2.30. The van der Waals surface area contributed by atoms with Crippen LogP contribution in [0.2, 0.25) is 0 Å². The molecule has 8 heteroatoms. The molecule has 3 aromatic rings. The smallest absolute Gasteiger partial charge is 0.416 e. The van der Waals surface area contributed by atoms with Gasteiger partial charge in [0.1, 0.15) is 12.6 Å². The van der Waals surface area contributed by atoms with Gasteiger partial charge in [0.05, 0.1) is 5.56 Å². The Morgan fingerprint density at radius 2 is 1.47 bits per heavy atom. The molecule has 2 N–H and O–H groups in total. The minimum absolute atomic E-state index is 0.0147. The van der Waals surface area contributed by atoms with E-state index in [4.69, 9.17) is 4.74 Å². The van der Waals surface area contributed by atoms with Gasteiger partial charge < -0.3 is 15.2 Å². The Kier molecular flexibility index (Phi) is 6.32. The molecule has 4 rings (SSSR count). The van der Waals surface area contributed by atoms with Gasteiger partial charge in [0.15, 0.2) is 0 Å². The molecule has 1 aliphatic rings. The number of carboxylic acids is 1. The maximum atomic E-state index is 12.8. The fourth-order valence-corrected chi connectivity index (χ4v) is 4.34. The van der Waals surface area contributed by atoms with Crippen molar-refractivity contribution in [3.63, 3.8) is 0 Å². The maximum absolute atomic E-state index is 12.8. The largest absolute Gasteiger partial charge is 0.480 e. The normalized spacial score (nSPS) is 14.6. The summed E-state index contributed by atoms with van der Waals surface area (Å²) in [6, 6.07) is 18.4. The lowest BCUT2D eigenvalue weighted by Crippen LogP contribution is -2.44. The quantitative estimate of drug-likeness (QED) is 0.478. The van der Waals surface area contributed by atoms with Gasteiger partial charge in [-0.2, -0.15) is 13.2 Å². The average molecular weight is 469 g/mol. The second kappa shape index (κ2) is 9.21. The highest BCUT2D eigenvalue weighted by Crippen LogP contribution is 2.44. The van der Waals surface area contributed by atoms with Gasteiger partial charge in [0, 0.05) is 11.8 Å². The molecule has 0 spiro atoms. The zero-order valence-electron chi connectivity index (χ0n) is 18.2. The summed E-state index contributed by atoms with van der Waals surface area (Å²) in [5, 5.41) is 12.0. The third-order valence-corrected chi connectivity index (χ3v) is 6.15. The number of carboxylic acid groups (broad SMARTS) is 1. The lowest BCUT2D eigenvalue weighted by Gasteiger charge is -2.22. The van der Waals surface area contributed by atoms with Crippen molar-refractivity contribution in [1.29, 1.82) is 0 Å². The number of carbonyl (C=O) groups excluding carboxylic acids is 1. The van der Waals surface area contributed by atoms with Crippen molar-refractivity contribution in [1.82, 2.24) is 5.32 Å². The number of alkyl carbamates (subject to hydrolysis) is 1. The van der Waals surface area contributed by atoms with Crippen molar-refractivity contribution in [2.24, 2.45) is 0 Å². The Labute approximate surface area is 194 Å². The van der Waals surface area contributed by atoms with Crippen LogP contribution in [0.25, 0.3) is 11.1 Å². The molecule has 176 valence electrons. The molecule has 0 saturated heterocycles. The van der Waals surface area contributed by atoms with E-state index < -0.39 is 35.8 Å². The van der Waals surface area contributed by atoms with Crippen molar-refractivity contribution >= 4 is 12.1 Å². The molecule has 0 bridgehead atoms. The van der Waals surface area contributed by atoms with Crippen LogP contribution < -0.4 is 5.32 Å². The third kappa shape index (κ3) is 4.62. The molecule has 2 atom stereocenters. The lowest BCUT2D eigenvalue weighted by molar-refractivity contribution is -0.140. The van der Waals surface area contributed by atoms with Crippen molar-refractivity contribution in [3.8, 4) is 11.1 Å². The molecule has 0 fully saturated rings. The van der Waals surface area contributed by atoms with Crippen molar-refractivity contribution in [2.75, 3.05) is 6.61 Å². The number of hydrogen-bond acceptors (Lipinski definition) is 3. The number of alkyl halides is 3. The van der Waals surface area contributed by atoms with Gasteiger partial charge in [-0.3, -0.25) is 0 Å². The number of halogens is 3. The topological polar surface area (TPSA) is 75.6 Å². The highest BCUT2D eigenvalue weighted by Gasteiger charge is 2.33. The van der Waals surface area contributed by atoms with Gasteiger partial charge in [0.2, 0.25) is 0 Å². The molecule has 34 heavy (non-hydrogen) atoms. The number of aliphatic carboxylic acids is 1. The predicted molar refractivity (Wildman–Crippen MR) is 119 cm³/mol. The van der Waals surface area contributed by atoms with Gasteiger partial charge in [-0.1, -0.05) is 67.6 Å². The van der Waals surface area contributed by atoms with Crippen LogP contribution in [0, 0.1) is 0 Å². The van der Waals surface area contributed by atoms with E-state index in [2.05, 4.69) is 5.32 Å². The first-order valence-electron chi connectivity index (χ1n) is 10.7.